The lowest BCUT2D eigenvalue weighted by atomic mass is 10.0. The van der Waals surface area contributed by atoms with Gasteiger partial charge in [0.15, 0.2) is 6.54 Å². The summed E-state index contributed by atoms with van der Waals surface area (Å²) in [5.74, 6) is 0.185. The van der Waals surface area contributed by atoms with E-state index in [2.05, 4.69) is 17.0 Å². The summed E-state index contributed by atoms with van der Waals surface area (Å²) < 4.78 is 39.9. The van der Waals surface area contributed by atoms with Gasteiger partial charge in [0.25, 0.3) is 5.91 Å². The van der Waals surface area contributed by atoms with Crippen LogP contribution in [0.2, 0.25) is 0 Å². The highest BCUT2D eigenvalue weighted by atomic mass is 19.4. The number of piperidine rings is 1. The van der Waals surface area contributed by atoms with Gasteiger partial charge in [0.1, 0.15) is 5.75 Å². The van der Waals surface area contributed by atoms with Gasteiger partial charge in [0, 0.05) is 11.6 Å². The van der Waals surface area contributed by atoms with Crippen molar-refractivity contribution in [2.45, 2.75) is 26.1 Å². The topological polar surface area (TPSA) is 42.8 Å². The predicted octanol–water partition coefficient (Wildman–Crippen LogP) is 1.84. The summed E-state index contributed by atoms with van der Waals surface area (Å²) in [5, 5.41) is 2.70. The zero-order valence-electron chi connectivity index (χ0n) is 12.4. The normalized spacial score (nSPS) is 22.2. The van der Waals surface area contributed by atoms with Gasteiger partial charge >= 0.3 is 6.36 Å². The van der Waals surface area contributed by atoms with Gasteiger partial charge in [0.2, 0.25) is 0 Å². The van der Waals surface area contributed by atoms with E-state index < -0.39 is 6.36 Å². The lowest BCUT2D eigenvalue weighted by Crippen LogP contribution is -3.14. The minimum absolute atomic E-state index is 0.131. The third kappa shape index (κ3) is 5.55. The molecule has 0 spiro atoms. The molecule has 1 unspecified atom stereocenters. The van der Waals surface area contributed by atoms with Crippen molar-refractivity contribution in [2.24, 2.45) is 5.92 Å². The van der Waals surface area contributed by atoms with Crippen molar-refractivity contribution in [3.8, 4) is 5.75 Å². The molecule has 1 aromatic carbocycles. The number of ether oxygens (including phenoxy) is 1. The van der Waals surface area contributed by atoms with E-state index in [4.69, 9.17) is 0 Å². The van der Waals surface area contributed by atoms with Crippen LogP contribution in [0.1, 0.15) is 19.8 Å². The first-order valence-electron chi connectivity index (χ1n) is 7.31. The molecule has 0 saturated carbocycles. The number of hydrogen-bond donors (Lipinski definition) is 2. The molecule has 1 saturated heterocycles. The first kappa shape index (κ1) is 16.6. The first-order valence-corrected chi connectivity index (χ1v) is 7.31. The van der Waals surface area contributed by atoms with Crippen molar-refractivity contribution in [2.75, 3.05) is 25.0 Å². The number of nitrogens with one attached hydrogen (secondary N) is 2. The smallest absolute Gasteiger partial charge is 0.406 e. The van der Waals surface area contributed by atoms with Crippen LogP contribution in [0.3, 0.4) is 0 Å². The van der Waals surface area contributed by atoms with Crippen molar-refractivity contribution in [3.63, 3.8) is 0 Å². The van der Waals surface area contributed by atoms with Crippen LogP contribution in [0.25, 0.3) is 0 Å². The molecule has 1 aromatic rings. The largest absolute Gasteiger partial charge is 0.573 e. The maximum absolute atomic E-state index is 12.0. The first-order chi connectivity index (χ1) is 10.3. The number of amides is 1. The summed E-state index contributed by atoms with van der Waals surface area (Å²) in [4.78, 5) is 13.2. The van der Waals surface area contributed by atoms with Crippen LogP contribution in [0, 0.1) is 5.92 Å². The minimum atomic E-state index is -4.71. The molecule has 1 aliphatic heterocycles. The van der Waals surface area contributed by atoms with Crippen molar-refractivity contribution in [3.05, 3.63) is 24.3 Å². The summed E-state index contributed by atoms with van der Waals surface area (Å²) in [7, 11) is 0. The molecule has 1 amide bonds. The van der Waals surface area contributed by atoms with Gasteiger partial charge in [0.05, 0.1) is 13.1 Å². The average Bonchev–Trinajstić information content (AvgIpc) is 2.39. The Balaban J connectivity index is 1.83. The van der Waals surface area contributed by atoms with E-state index in [0.29, 0.717) is 18.2 Å². The number of carbonyl (C=O) groups is 1. The maximum atomic E-state index is 12.0. The molecule has 1 fully saturated rings. The highest BCUT2D eigenvalue weighted by molar-refractivity contribution is 5.91. The predicted molar refractivity (Wildman–Crippen MR) is 75.7 cm³/mol. The molecular formula is C15H20F3N2O2+. The van der Waals surface area contributed by atoms with Crippen LogP contribution in [0.5, 0.6) is 5.75 Å². The molecule has 1 heterocycles. The summed E-state index contributed by atoms with van der Waals surface area (Å²) in [6, 6.07) is 5.15. The average molecular weight is 317 g/mol. The number of likely N-dealkylation sites (tertiary alicyclic amines) is 1. The number of benzene rings is 1. The Bertz CT molecular complexity index is 503. The second-order valence-corrected chi connectivity index (χ2v) is 5.75. The Hall–Kier alpha value is -1.76. The van der Waals surface area contributed by atoms with E-state index in [1.54, 1.807) is 0 Å². The Morgan fingerprint density at radius 2 is 2.05 bits per heavy atom. The molecule has 0 bridgehead atoms. The standard InChI is InChI=1S/C15H19F3N2O2/c1-11-3-2-8-20(9-11)10-14(21)19-12-4-6-13(7-5-12)22-15(16,17)18/h4-7,11H,2-3,8-10H2,1H3,(H,19,21)/p+1/t11-/m1/s1. The van der Waals surface area contributed by atoms with Crippen molar-refractivity contribution in [1.82, 2.24) is 0 Å². The fraction of sp³-hybridized carbons (Fsp3) is 0.533. The molecule has 0 radical (unpaired) electrons. The molecule has 22 heavy (non-hydrogen) atoms. The molecular weight excluding hydrogens is 297 g/mol. The van der Waals surface area contributed by atoms with Crippen molar-refractivity contribution >= 4 is 11.6 Å². The monoisotopic (exact) mass is 317 g/mol. The van der Waals surface area contributed by atoms with Crippen molar-refractivity contribution < 1.29 is 27.6 Å². The highest BCUT2D eigenvalue weighted by Gasteiger charge is 2.31. The summed E-state index contributed by atoms with van der Waals surface area (Å²) in [5.41, 5.74) is 0.462. The number of anilines is 1. The van der Waals surface area contributed by atoms with Gasteiger partial charge in [-0.05, 0) is 37.1 Å². The minimum Gasteiger partial charge on any atom is -0.406 e. The maximum Gasteiger partial charge on any atom is 0.573 e. The molecule has 2 N–H and O–H groups in total. The Kier molecular flexibility index (Phi) is 5.28. The summed E-state index contributed by atoms with van der Waals surface area (Å²) in [6.07, 6.45) is -2.39. The number of rotatable bonds is 4. The van der Waals surface area contributed by atoms with Gasteiger partial charge in [-0.25, -0.2) is 0 Å². The van der Waals surface area contributed by atoms with E-state index >= 15 is 0 Å². The molecule has 0 aromatic heterocycles. The van der Waals surface area contributed by atoms with Gasteiger partial charge in [-0.3, -0.25) is 4.79 Å². The van der Waals surface area contributed by atoms with Crippen LogP contribution in [0.4, 0.5) is 18.9 Å². The molecule has 2 atom stereocenters. The van der Waals surface area contributed by atoms with Crippen molar-refractivity contribution in [1.29, 1.82) is 0 Å². The Labute approximate surface area is 127 Å². The molecule has 4 nitrogen and oxygen atoms in total. The Morgan fingerprint density at radius 1 is 1.36 bits per heavy atom. The molecule has 7 heteroatoms. The van der Waals surface area contributed by atoms with E-state index in [1.807, 2.05) is 0 Å². The lowest BCUT2D eigenvalue weighted by molar-refractivity contribution is -0.900. The number of hydrogen-bond acceptors (Lipinski definition) is 2. The second-order valence-electron chi connectivity index (χ2n) is 5.75. The molecule has 2 rings (SSSR count). The quantitative estimate of drug-likeness (QED) is 0.890. The fourth-order valence-corrected chi connectivity index (χ4v) is 2.73. The fourth-order valence-electron chi connectivity index (χ4n) is 2.73. The third-order valence-corrected chi connectivity index (χ3v) is 3.65. The van der Waals surface area contributed by atoms with Crippen LogP contribution >= 0.6 is 0 Å². The summed E-state index contributed by atoms with van der Waals surface area (Å²) in [6.45, 7) is 4.52. The van der Waals surface area contributed by atoms with E-state index in [0.717, 1.165) is 19.5 Å². The second kappa shape index (κ2) is 7.00. The molecule has 1 aliphatic rings. The van der Waals surface area contributed by atoms with Gasteiger partial charge in [-0.15, -0.1) is 13.2 Å². The molecule has 0 aliphatic carbocycles. The highest BCUT2D eigenvalue weighted by Crippen LogP contribution is 2.23. The van der Waals surface area contributed by atoms with Gasteiger partial charge in [-0.1, -0.05) is 6.92 Å². The van der Waals surface area contributed by atoms with Gasteiger partial charge in [-0.2, -0.15) is 0 Å². The lowest BCUT2D eigenvalue weighted by Gasteiger charge is -2.27. The molecule has 122 valence electrons. The SMILES string of the molecule is C[C@@H]1CCC[NH+](CC(=O)Nc2ccc(OC(F)(F)F)cc2)C1. The number of halogens is 3. The van der Waals surface area contributed by atoms with E-state index in [9.17, 15) is 18.0 Å². The number of alkyl halides is 3. The third-order valence-electron chi connectivity index (χ3n) is 3.65. The van der Waals surface area contributed by atoms with Crippen LogP contribution in [0.15, 0.2) is 24.3 Å². The zero-order valence-corrected chi connectivity index (χ0v) is 12.4. The zero-order chi connectivity index (χ0) is 16.2. The van der Waals surface area contributed by atoms with Gasteiger partial charge < -0.3 is 15.0 Å². The van der Waals surface area contributed by atoms with Crippen LogP contribution in [-0.4, -0.2) is 31.9 Å². The Morgan fingerprint density at radius 3 is 2.64 bits per heavy atom. The number of quaternary nitrogens is 1. The van der Waals surface area contributed by atoms with Crippen LogP contribution < -0.4 is 15.0 Å². The van der Waals surface area contributed by atoms with Crippen LogP contribution in [-0.2, 0) is 4.79 Å². The number of carbonyl (C=O) groups excluding carboxylic acids is 1. The van der Waals surface area contributed by atoms with E-state index in [1.165, 1.54) is 35.6 Å². The summed E-state index contributed by atoms with van der Waals surface area (Å²) >= 11 is 0. The van der Waals surface area contributed by atoms with E-state index in [-0.39, 0.29) is 11.7 Å².